The molecule has 1 aliphatic heterocycles. The Morgan fingerprint density at radius 2 is 1.67 bits per heavy atom. The molecule has 1 heterocycles. The molecular formula is C7H16O4S. The van der Waals surface area contributed by atoms with Crippen LogP contribution in [0.2, 0.25) is 0 Å². The van der Waals surface area contributed by atoms with Crippen LogP contribution in [-0.4, -0.2) is 42.8 Å². The predicted molar refractivity (Wildman–Crippen MR) is 46.7 cm³/mol. The van der Waals surface area contributed by atoms with E-state index < -0.39 is 15.9 Å². The van der Waals surface area contributed by atoms with E-state index in [2.05, 4.69) is 0 Å². The highest BCUT2D eigenvalue weighted by Gasteiger charge is 2.16. The van der Waals surface area contributed by atoms with E-state index >= 15 is 0 Å². The second kappa shape index (κ2) is 5.50. The van der Waals surface area contributed by atoms with E-state index in [4.69, 9.17) is 10.2 Å². The third-order valence-corrected chi connectivity index (χ3v) is 3.25. The van der Waals surface area contributed by atoms with Crippen LogP contribution in [0.5, 0.6) is 0 Å². The topological polar surface area (TPSA) is 74.6 Å². The second-order valence-corrected chi connectivity index (χ2v) is 5.19. The van der Waals surface area contributed by atoms with E-state index in [1.54, 1.807) is 0 Å². The minimum Gasteiger partial charge on any atom is -0.394 e. The molecule has 0 aliphatic carbocycles. The van der Waals surface area contributed by atoms with Gasteiger partial charge >= 0.3 is 0 Å². The van der Waals surface area contributed by atoms with Gasteiger partial charge in [0, 0.05) is 0 Å². The highest BCUT2D eigenvalue weighted by Crippen LogP contribution is 2.08. The van der Waals surface area contributed by atoms with Gasteiger partial charge in [-0.25, -0.2) is 8.42 Å². The van der Waals surface area contributed by atoms with Crippen molar-refractivity contribution in [2.75, 3.05) is 18.1 Å². The van der Waals surface area contributed by atoms with Gasteiger partial charge in [-0.1, -0.05) is 0 Å². The molecule has 2 N–H and O–H groups in total. The molecule has 0 saturated carbocycles. The average molecular weight is 196 g/mol. The van der Waals surface area contributed by atoms with Gasteiger partial charge in [-0.3, -0.25) is 0 Å². The van der Waals surface area contributed by atoms with Crippen LogP contribution in [0.1, 0.15) is 19.8 Å². The Balaban J connectivity index is 0.000000217. The van der Waals surface area contributed by atoms with Crippen molar-refractivity contribution < 1.29 is 18.6 Å². The van der Waals surface area contributed by atoms with Crippen molar-refractivity contribution in [3.63, 3.8) is 0 Å². The molecule has 1 atom stereocenters. The van der Waals surface area contributed by atoms with Crippen molar-refractivity contribution in [3.05, 3.63) is 0 Å². The van der Waals surface area contributed by atoms with E-state index in [9.17, 15) is 8.42 Å². The lowest BCUT2D eigenvalue weighted by Gasteiger charge is -1.90. The molecule has 1 saturated heterocycles. The van der Waals surface area contributed by atoms with Crippen molar-refractivity contribution in [1.82, 2.24) is 0 Å². The number of aliphatic hydroxyl groups excluding tert-OH is 2. The van der Waals surface area contributed by atoms with Crippen molar-refractivity contribution in [2.24, 2.45) is 0 Å². The van der Waals surface area contributed by atoms with Crippen molar-refractivity contribution in [3.8, 4) is 0 Å². The number of hydrogen-bond donors (Lipinski definition) is 2. The molecule has 1 unspecified atom stereocenters. The van der Waals surface area contributed by atoms with Crippen LogP contribution in [0, 0.1) is 0 Å². The summed E-state index contributed by atoms with van der Waals surface area (Å²) in [6, 6.07) is 0. The van der Waals surface area contributed by atoms with E-state index in [-0.39, 0.29) is 6.61 Å². The summed E-state index contributed by atoms with van der Waals surface area (Å²) >= 11 is 0. The minimum absolute atomic E-state index is 0.139. The molecule has 1 aliphatic rings. The molecule has 12 heavy (non-hydrogen) atoms. The number of aliphatic hydroxyl groups is 2. The van der Waals surface area contributed by atoms with Gasteiger partial charge in [-0.2, -0.15) is 0 Å². The van der Waals surface area contributed by atoms with Gasteiger partial charge in [-0.15, -0.1) is 0 Å². The summed E-state index contributed by atoms with van der Waals surface area (Å²) in [5, 5.41) is 16.0. The third kappa shape index (κ3) is 6.57. The lowest BCUT2D eigenvalue weighted by Crippen LogP contribution is -2.03. The van der Waals surface area contributed by atoms with E-state index in [0.29, 0.717) is 11.5 Å². The summed E-state index contributed by atoms with van der Waals surface area (Å²) in [5.74, 6) is 0.847. The molecule has 0 bridgehead atoms. The van der Waals surface area contributed by atoms with Crippen molar-refractivity contribution >= 4 is 9.84 Å². The van der Waals surface area contributed by atoms with Gasteiger partial charge in [0.1, 0.15) is 9.84 Å². The van der Waals surface area contributed by atoms with Gasteiger partial charge in [0.05, 0.1) is 24.2 Å². The normalized spacial score (nSPS) is 22.6. The first-order valence-electron chi connectivity index (χ1n) is 3.97. The molecule has 0 aromatic carbocycles. The summed E-state index contributed by atoms with van der Waals surface area (Å²) in [4.78, 5) is 0. The lowest BCUT2D eigenvalue weighted by molar-refractivity contribution is 0.110. The highest BCUT2D eigenvalue weighted by molar-refractivity contribution is 7.91. The Bertz CT molecular complexity index is 183. The molecule has 0 radical (unpaired) electrons. The first-order chi connectivity index (χ1) is 5.48. The van der Waals surface area contributed by atoms with E-state index in [0.717, 1.165) is 12.8 Å². The zero-order valence-electron chi connectivity index (χ0n) is 7.23. The molecule has 0 amide bonds. The lowest BCUT2D eigenvalue weighted by atomic mass is 10.4. The van der Waals surface area contributed by atoms with Gasteiger partial charge in [-0.05, 0) is 19.8 Å². The summed E-state index contributed by atoms with van der Waals surface area (Å²) in [7, 11) is -2.55. The molecular weight excluding hydrogens is 180 g/mol. The summed E-state index contributed by atoms with van der Waals surface area (Å²) in [6.45, 7) is 1.39. The van der Waals surface area contributed by atoms with Crippen molar-refractivity contribution in [2.45, 2.75) is 25.9 Å². The Labute approximate surface area is 73.1 Å². The van der Waals surface area contributed by atoms with Crippen LogP contribution in [0.4, 0.5) is 0 Å². The van der Waals surface area contributed by atoms with Crippen LogP contribution in [0.3, 0.4) is 0 Å². The third-order valence-electron chi connectivity index (χ3n) is 1.42. The summed E-state index contributed by atoms with van der Waals surface area (Å²) < 4.78 is 20.9. The van der Waals surface area contributed by atoms with E-state index in [1.807, 2.05) is 0 Å². The zero-order chi connectivity index (χ0) is 9.61. The first-order valence-corrected chi connectivity index (χ1v) is 5.79. The number of rotatable bonds is 1. The van der Waals surface area contributed by atoms with Gasteiger partial charge in [0.15, 0.2) is 0 Å². The highest BCUT2D eigenvalue weighted by atomic mass is 32.2. The molecule has 0 aromatic heterocycles. The number of hydrogen-bond acceptors (Lipinski definition) is 4. The van der Waals surface area contributed by atoms with Crippen LogP contribution < -0.4 is 0 Å². The first kappa shape index (κ1) is 11.9. The molecule has 0 aromatic rings. The van der Waals surface area contributed by atoms with Gasteiger partial charge in [0.25, 0.3) is 0 Å². The quantitative estimate of drug-likeness (QED) is 0.596. The van der Waals surface area contributed by atoms with Gasteiger partial charge < -0.3 is 10.2 Å². The SMILES string of the molecule is CC(O)CO.O=S1(=O)CCCC1. The maximum Gasteiger partial charge on any atom is 0.150 e. The summed E-state index contributed by atoms with van der Waals surface area (Å²) in [6.07, 6.45) is 1.19. The average Bonchev–Trinajstić information content (AvgIpc) is 2.35. The van der Waals surface area contributed by atoms with Gasteiger partial charge in [0.2, 0.25) is 0 Å². The van der Waals surface area contributed by atoms with Crippen LogP contribution in [0.25, 0.3) is 0 Å². The Morgan fingerprint density at radius 1 is 1.33 bits per heavy atom. The van der Waals surface area contributed by atoms with Crippen LogP contribution >= 0.6 is 0 Å². The molecule has 1 fully saturated rings. The standard InChI is InChI=1S/C4H8O2S.C3H8O2/c5-7(6)3-1-2-4-7;1-3(5)2-4/h1-4H2;3-5H,2H2,1H3. The summed E-state index contributed by atoms with van der Waals surface area (Å²) in [5.41, 5.74) is 0. The Kier molecular flexibility index (Phi) is 5.44. The maximum atomic E-state index is 10.4. The minimum atomic E-state index is -2.55. The van der Waals surface area contributed by atoms with Crippen molar-refractivity contribution in [1.29, 1.82) is 0 Å². The molecule has 0 spiro atoms. The van der Waals surface area contributed by atoms with Crippen LogP contribution in [-0.2, 0) is 9.84 Å². The molecule has 4 nitrogen and oxygen atoms in total. The van der Waals surface area contributed by atoms with E-state index in [1.165, 1.54) is 6.92 Å². The molecule has 1 rings (SSSR count). The largest absolute Gasteiger partial charge is 0.394 e. The Morgan fingerprint density at radius 3 is 1.75 bits per heavy atom. The monoisotopic (exact) mass is 196 g/mol. The smallest absolute Gasteiger partial charge is 0.150 e. The van der Waals surface area contributed by atoms with Crippen LogP contribution in [0.15, 0.2) is 0 Å². The fourth-order valence-electron chi connectivity index (χ4n) is 0.746. The zero-order valence-corrected chi connectivity index (χ0v) is 8.05. The predicted octanol–water partition coefficient (Wildman–Crippen LogP) is -0.446. The maximum absolute atomic E-state index is 10.4. The fourth-order valence-corrected chi connectivity index (χ4v) is 2.24. The number of sulfone groups is 1. The molecule has 74 valence electrons. The Hall–Kier alpha value is -0.130. The molecule has 5 heteroatoms. The second-order valence-electron chi connectivity index (χ2n) is 2.89. The fraction of sp³-hybridized carbons (Fsp3) is 1.00.